The van der Waals surface area contributed by atoms with Crippen molar-refractivity contribution in [1.82, 2.24) is 4.98 Å². The lowest BCUT2D eigenvalue weighted by atomic mass is 9.97. The third-order valence-electron chi connectivity index (χ3n) is 2.82. The van der Waals surface area contributed by atoms with Crippen molar-refractivity contribution in [3.8, 4) is 0 Å². The Hall–Kier alpha value is -2.43. The molecule has 0 saturated heterocycles. The van der Waals surface area contributed by atoms with Gasteiger partial charge < -0.3 is 0 Å². The van der Waals surface area contributed by atoms with Crippen molar-refractivity contribution in [2.24, 2.45) is 0 Å². The van der Waals surface area contributed by atoms with Crippen LogP contribution in [-0.2, 0) is 0 Å². The van der Waals surface area contributed by atoms with E-state index in [1.165, 1.54) is 6.20 Å². The molecule has 2 amide bonds. The number of rotatable bonds is 1. The number of imide groups is 1. The number of fused-ring (bicyclic) bond motifs is 1. The SMILES string of the molecule is [B]c1cccnc1N1C(=O)c2ccccc2C1=O. The van der Waals surface area contributed by atoms with Crippen LogP contribution in [0.3, 0.4) is 0 Å². The van der Waals surface area contributed by atoms with Crippen molar-refractivity contribution < 1.29 is 9.59 Å². The van der Waals surface area contributed by atoms with Crippen molar-refractivity contribution in [2.75, 3.05) is 4.90 Å². The fourth-order valence-electron chi connectivity index (χ4n) is 1.98. The lowest BCUT2D eigenvalue weighted by Crippen LogP contribution is -2.34. The van der Waals surface area contributed by atoms with Gasteiger partial charge in [0.2, 0.25) is 0 Å². The average Bonchev–Trinajstić information content (AvgIpc) is 2.64. The summed E-state index contributed by atoms with van der Waals surface area (Å²) in [5.74, 6) is -0.592. The minimum atomic E-state index is -0.388. The van der Waals surface area contributed by atoms with Gasteiger partial charge in [-0.15, -0.1) is 0 Å². The second-order valence-corrected chi connectivity index (χ2v) is 3.91. The number of aromatic nitrogens is 1. The second-order valence-electron chi connectivity index (χ2n) is 3.91. The quantitative estimate of drug-likeness (QED) is 0.538. The van der Waals surface area contributed by atoms with Crippen LogP contribution in [0, 0.1) is 0 Å². The maximum Gasteiger partial charge on any atom is 0.267 e. The van der Waals surface area contributed by atoms with E-state index in [-0.39, 0.29) is 17.6 Å². The number of pyridine rings is 1. The van der Waals surface area contributed by atoms with Crippen LogP contribution >= 0.6 is 0 Å². The predicted molar refractivity (Wildman–Crippen MR) is 67.2 cm³/mol. The molecular weight excluding hydrogens is 227 g/mol. The summed E-state index contributed by atoms with van der Waals surface area (Å²) in [4.78, 5) is 29.4. The summed E-state index contributed by atoms with van der Waals surface area (Å²) in [6, 6.07) is 9.93. The fourth-order valence-corrected chi connectivity index (χ4v) is 1.98. The summed E-state index contributed by atoms with van der Waals surface area (Å²) in [5.41, 5.74) is 1.06. The van der Waals surface area contributed by atoms with Gasteiger partial charge in [-0.05, 0) is 18.2 Å². The first-order chi connectivity index (χ1) is 8.70. The molecule has 1 aliphatic heterocycles. The highest BCUT2D eigenvalue weighted by molar-refractivity contribution is 6.41. The summed E-state index contributed by atoms with van der Waals surface area (Å²) < 4.78 is 0. The third-order valence-corrected chi connectivity index (χ3v) is 2.82. The van der Waals surface area contributed by atoms with Crippen LogP contribution in [-0.4, -0.2) is 24.6 Å². The molecule has 5 heteroatoms. The van der Waals surface area contributed by atoms with Gasteiger partial charge in [0, 0.05) is 6.20 Å². The van der Waals surface area contributed by atoms with Crippen molar-refractivity contribution in [3.63, 3.8) is 0 Å². The molecule has 0 N–H and O–H groups in total. The number of hydrogen-bond acceptors (Lipinski definition) is 3. The molecule has 0 atom stereocenters. The fraction of sp³-hybridized carbons (Fsp3) is 0. The van der Waals surface area contributed by atoms with Gasteiger partial charge >= 0.3 is 0 Å². The van der Waals surface area contributed by atoms with E-state index in [4.69, 9.17) is 7.85 Å². The van der Waals surface area contributed by atoms with Gasteiger partial charge in [0.15, 0.2) is 0 Å². The Morgan fingerprint density at radius 3 is 2.11 bits per heavy atom. The van der Waals surface area contributed by atoms with Crippen LogP contribution in [0.15, 0.2) is 42.6 Å². The van der Waals surface area contributed by atoms with E-state index in [1.807, 2.05) is 0 Å². The van der Waals surface area contributed by atoms with E-state index < -0.39 is 0 Å². The number of nitrogens with zero attached hydrogens (tertiary/aromatic N) is 2. The van der Waals surface area contributed by atoms with Crippen LogP contribution in [0.4, 0.5) is 5.82 Å². The van der Waals surface area contributed by atoms with Gasteiger partial charge in [-0.1, -0.05) is 23.7 Å². The molecular formula is C13H7BN2O2. The molecule has 1 aromatic carbocycles. The Morgan fingerprint density at radius 2 is 1.56 bits per heavy atom. The van der Waals surface area contributed by atoms with Gasteiger partial charge in [-0.3, -0.25) is 9.59 Å². The number of carbonyl (C=O) groups excluding carboxylic acids is 2. The van der Waals surface area contributed by atoms with Gasteiger partial charge in [0.05, 0.1) is 11.1 Å². The van der Waals surface area contributed by atoms with E-state index in [0.717, 1.165) is 4.90 Å². The third kappa shape index (κ3) is 1.37. The smallest absolute Gasteiger partial charge is 0.267 e. The van der Waals surface area contributed by atoms with Gasteiger partial charge in [-0.25, -0.2) is 9.88 Å². The molecule has 0 aliphatic carbocycles. The number of hydrogen-bond donors (Lipinski definition) is 0. The van der Waals surface area contributed by atoms with Crippen molar-refractivity contribution in [2.45, 2.75) is 0 Å². The minimum Gasteiger partial charge on any atom is -0.268 e. The lowest BCUT2D eigenvalue weighted by Gasteiger charge is -2.14. The standard InChI is InChI=1S/C13H7BN2O2/c14-10-6-3-7-15-11(10)16-12(17)8-4-1-2-5-9(8)13(16)18/h1-7H. The maximum absolute atomic E-state index is 12.2. The number of benzene rings is 1. The molecule has 2 radical (unpaired) electrons. The minimum absolute atomic E-state index is 0.184. The summed E-state index contributed by atoms with van der Waals surface area (Å²) in [7, 11) is 5.75. The highest BCUT2D eigenvalue weighted by Crippen LogP contribution is 2.25. The van der Waals surface area contributed by atoms with Crippen LogP contribution in [0.2, 0.25) is 0 Å². The van der Waals surface area contributed by atoms with Crippen molar-refractivity contribution in [3.05, 3.63) is 53.7 Å². The van der Waals surface area contributed by atoms with E-state index in [2.05, 4.69) is 4.98 Å². The number of carbonyl (C=O) groups is 2. The first-order valence-corrected chi connectivity index (χ1v) is 5.38. The molecule has 2 aromatic rings. The maximum atomic E-state index is 12.2. The van der Waals surface area contributed by atoms with E-state index in [1.54, 1.807) is 36.4 Å². The highest BCUT2D eigenvalue weighted by Gasteiger charge is 2.37. The predicted octanol–water partition coefficient (Wildman–Crippen LogP) is 0.676. The van der Waals surface area contributed by atoms with Crippen molar-refractivity contribution >= 4 is 30.9 Å². The van der Waals surface area contributed by atoms with Crippen LogP contribution in [0.1, 0.15) is 20.7 Å². The van der Waals surface area contributed by atoms with E-state index in [0.29, 0.717) is 16.6 Å². The largest absolute Gasteiger partial charge is 0.268 e. The average molecular weight is 234 g/mol. The van der Waals surface area contributed by atoms with Crippen molar-refractivity contribution in [1.29, 1.82) is 0 Å². The molecule has 84 valence electrons. The van der Waals surface area contributed by atoms with Crippen LogP contribution in [0.25, 0.3) is 0 Å². The number of anilines is 1. The monoisotopic (exact) mass is 234 g/mol. The Bertz CT molecular complexity index is 635. The van der Waals surface area contributed by atoms with Gasteiger partial charge in [0.1, 0.15) is 13.7 Å². The lowest BCUT2D eigenvalue weighted by molar-refractivity contribution is 0.0925. The zero-order chi connectivity index (χ0) is 12.7. The first-order valence-electron chi connectivity index (χ1n) is 5.38. The molecule has 1 aliphatic rings. The summed E-state index contributed by atoms with van der Waals surface area (Å²) in [5, 5.41) is 0. The zero-order valence-electron chi connectivity index (χ0n) is 9.33. The van der Waals surface area contributed by atoms with Gasteiger partial charge in [0.25, 0.3) is 11.8 Å². The van der Waals surface area contributed by atoms with Crippen LogP contribution < -0.4 is 10.4 Å². The first kappa shape index (κ1) is 10.7. The molecule has 4 nitrogen and oxygen atoms in total. The molecule has 0 unspecified atom stereocenters. The molecule has 1 aromatic heterocycles. The summed E-state index contributed by atoms with van der Waals surface area (Å²) in [6.07, 6.45) is 1.50. The Balaban J connectivity index is 2.16. The molecule has 0 saturated carbocycles. The Morgan fingerprint density at radius 1 is 0.944 bits per heavy atom. The van der Waals surface area contributed by atoms with Gasteiger partial charge in [-0.2, -0.15) is 0 Å². The van der Waals surface area contributed by atoms with E-state index >= 15 is 0 Å². The summed E-state index contributed by atoms with van der Waals surface area (Å²) >= 11 is 0. The highest BCUT2D eigenvalue weighted by atomic mass is 16.2. The topological polar surface area (TPSA) is 50.3 Å². The Kier molecular flexibility index (Phi) is 2.26. The second kappa shape index (κ2) is 3.80. The zero-order valence-corrected chi connectivity index (χ0v) is 9.33. The van der Waals surface area contributed by atoms with E-state index in [9.17, 15) is 9.59 Å². The molecule has 2 heterocycles. The molecule has 3 rings (SSSR count). The summed E-state index contributed by atoms with van der Waals surface area (Å²) in [6.45, 7) is 0. The normalized spacial score (nSPS) is 13.9. The molecule has 0 spiro atoms. The Labute approximate surface area is 105 Å². The number of amides is 2. The molecule has 0 fully saturated rings. The van der Waals surface area contributed by atoms with Crippen LogP contribution in [0.5, 0.6) is 0 Å². The molecule has 0 bridgehead atoms. The molecule has 18 heavy (non-hydrogen) atoms.